The third-order valence-corrected chi connectivity index (χ3v) is 2.47. The molecule has 1 unspecified atom stereocenters. The van der Waals surface area contributed by atoms with Gasteiger partial charge in [-0.15, -0.1) is 0 Å². The summed E-state index contributed by atoms with van der Waals surface area (Å²) in [6.45, 7) is 5.05. The summed E-state index contributed by atoms with van der Waals surface area (Å²) in [7, 11) is 0. The first kappa shape index (κ1) is 12.9. The highest BCUT2D eigenvalue weighted by atomic mass is 15.0. The Morgan fingerprint density at radius 2 is 2.25 bits per heavy atom. The van der Waals surface area contributed by atoms with Crippen molar-refractivity contribution in [3.05, 3.63) is 18.1 Å². The van der Waals surface area contributed by atoms with Crippen LogP contribution in [0.5, 0.6) is 0 Å². The van der Waals surface area contributed by atoms with E-state index in [9.17, 15) is 0 Å². The van der Waals surface area contributed by atoms with Crippen molar-refractivity contribution < 1.29 is 0 Å². The van der Waals surface area contributed by atoms with Crippen LogP contribution in [0.3, 0.4) is 0 Å². The number of hydrogen-bond acceptors (Lipinski definition) is 4. The second kappa shape index (κ2) is 7.17. The smallest absolute Gasteiger partial charge is 0.129 e. The van der Waals surface area contributed by atoms with E-state index >= 15 is 0 Å². The number of hydrogen-bond donors (Lipinski definition) is 2. The fourth-order valence-corrected chi connectivity index (χ4v) is 1.62. The zero-order valence-corrected chi connectivity index (χ0v) is 10.2. The van der Waals surface area contributed by atoms with E-state index in [-0.39, 0.29) is 0 Å². The molecule has 0 saturated carbocycles. The van der Waals surface area contributed by atoms with E-state index in [2.05, 4.69) is 29.1 Å². The third-order valence-electron chi connectivity index (χ3n) is 2.47. The Hall–Kier alpha value is -1.16. The lowest BCUT2D eigenvalue weighted by atomic mass is 10.2. The fourth-order valence-electron chi connectivity index (χ4n) is 1.62. The summed E-state index contributed by atoms with van der Waals surface area (Å²) in [5.41, 5.74) is 6.58. The highest BCUT2D eigenvalue weighted by Crippen LogP contribution is 2.09. The van der Waals surface area contributed by atoms with Gasteiger partial charge in [0.1, 0.15) is 12.1 Å². The molecule has 1 rings (SSSR count). The zero-order valence-electron chi connectivity index (χ0n) is 10.2. The Morgan fingerprint density at radius 1 is 1.44 bits per heavy atom. The van der Waals surface area contributed by atoms with Gasteiger partial charge in [-0.2, -0.15) is 0 Å². The average Bonchev–Trinajstić information content (AvgIpc) is 2.27. The minimum atomic E-state index is 0.410. The number of aryl methyl sites for hydroxylation is 1. The molecular weight excluding hydrogens is 200 g/mol. The first-order valence-corrected chi connectivity index (χ1v) is 6.03. The van der Waals surface area contributed by atoms with Crippen molar-refractivity contribution in [1.29, 1.82) is 0 Å². The van der Waals surface area contributed by atoms with Crippen LogP contribution in [0.4, 0.5) is 5.82 Å². The number of rotatable bonds is 7. The summed E-state index contributed by atoms with van der Waals surface area (Å²) in [6.07, 6.45) is 5.86. The molecule has 0 aromatic carbocycles. The normalized spacial score (nSPS) is 12.4. The summed E-state index contributed by atoms with van der Waals surface area (Å²) in [6, 6.07) is 2.44. The molecule has 0 fully saturated rings. The number of nitrogens with one attached hydrogen (secondary N) is 1. The highest BCUT2D eigenvalue weighted by molar-refractivity contribution is 5.35. The fraction of sp³-hybridized carbons (Fsp3) is 0.667. The molecule has 4 nitrogen and oxygen atoms in total. The lowest BCUT2D eigenvalue weighted by molar-refractivity contribution is 0.660. The van der Waals surface area contributed by atoms with Crippen molar-refractivity contribution in [3.8, 4) is 0 Å². The van der Waals surface area contributed by atoms with Gasteiger partial charge in [0, 0.05) is 17.8 Å². The molecule has 90 valence electrons. The Morgan fingerprint density at radius 3 is 2.94 bits per heavy atom. The van der Waals surface area contributed by atoms with Crippen molar-refractivity contribution in [2.24, 2.45) is 5.73 Å². The maximum absolute atomic E-state index is 5.48. The molecule has 0 aliphatic heterocycles. The minimum Gasteiger partial charge on any atom is -0.368 e. The molecule has 0 aliphatic rings. The molecular formula is C12H22N4. The van der Waals surface area contributed by atoms with E-state index in [1.807, 2.05) is 6.07 Å². The van der Waals surface area contributed by atoms with Gasteiger partial charge in [-0.25, -0.2) is 9.97 Å². The van der Waals surface area contributed by atoms with Crippen LogP contribution in [0.2, 0.25) is 0 Å². The number of nitrogens with zero attached hydrogens (tertiary/aromatic N) is 2. The van der Waals surface area contributed by atoms with Crippen molar-refractivity contribution in [2.45, 2.75) is 45.6 Å². The molecule has 1 aromatic heterocycles. The molecule has 0 bridgehead atoms. The van der Waals surface area contributed by atoms with Crippen molar-refractivity contribution >= 4 is 5.82 Å². The average molecular weight is 222 g/mol. The van der Waals surface area contributed by atoms with E-state index < -0.39 is 0 Å². The Bertz CT molecular complexity index is 301. The quantitative estimate of drug-likeness (QED) is 0.740. The van der Waals surface area contributed by atoms with Crippen LogP contribution in [0, 0.1) is 0 Å². The predicted molar refractivity (Wildman–Crippen MR) is 67.4 cm³/mol. The number of aromatic nitrogens is 2. The topological polar surface area (TPSA) is 63.8 Å². The second-order valence-corrected chi connectivity index (χ2v) is 4.12. The van der Waals surface area contributed by atoms with E-state index in [1.165, 1.54) is 0 Å². The van der Waals surface area contributed by atoms with Gasteiger partial charge in [-0.1, -0.05) is 13.3 Å². The second-order valence-electron chi connectivity index (χ2n) is 4.12. The van der Waals surface area contributed by atoms with Crippen molar-refractivity contribution in [1.82, 2.24) is 9.97 Å². The lowest BCUT2D eigenvalue weighted by Crippen LogP contribution is -2.17. The van der Waals surface area contributed by atoms with Gasteiger partial charge in [0.2, 0.25) is 0 Å². The molecule has 1 aromatic rings. The van der Waals surface area contributed by atoms with Gasteiger partial charge in [0.25, 0.3) is 0 Å². The molecule has 0 saturated heterocycles. The zero-order chi connectivity index (χ0) is 11.8. The number of nitrogens with two attached hydrogens (primary N) is 1. The highest BCUT2D eigenvalue weighted by Gasteiger charge is 2.03. The van der Waals surface area contributed by atoms with Crippen LogP contribution in [0.15, 0.2) is 12.4 Å². The van der Waals surface area contributed by atoms with Crippen LogP contribution < -0.4 is 11.1 Å². The lowest BCUT2D eigenvalue weighted by Gasteiger charge is -2.14. The predicted octanol–water partition coefficient (Wildman–Crippen LogP) is 1.97. The van der Waals surface area contributed by atoms with Crippen LogP contribution >= 0.6 is 0 Å². The first-order valence-electron chi connectivity index (χ1n) is 6.03. The number of anilines is 1. The monoisotopic (exact) mass is 222 g/mol. The van der Waals surface area contributed by atoms with Crippen LogP contribution in [-0.2, 0) is 6.42 Å². The molecule has 0 spiro atoms. The summed E-state index contributed by atoms with van der Waals surface area (Å²) in [5, 5.41) is 3.37. The maximum Gasteiger partial charge on any atom is 0.129 e. The van der Waals surface area contributed by atoms with Gasteiger partial charge in [-0.3, -0.25) is 0 Å². The summed E-state index contributed by atoms with van der Waals surface area (Å²) >= 11 is 0. The van der Waals surface area contributed by atoms with Gasteiger partial charge in [-0.05, 0) is 32.7 Å². The molecule has 0 amide bonds. The van der Waals surface area contributed by atoms with Crippen LogP contribution in [-0.4, -0.2) is 22.6 Å². The largest absolute Gasteiger partial charge is 0.368 e. The summed E-state index contributed by atoms with van der Waals surface area (Å²) < 4.78 is 0. The first-order chi connectivity index (χ1) is 7.76. The van der Waals surface area contributed by atoms with E-state index in [0.29, 0.717) is 6.04 Å². The van der Waals surface area contributed by atoms with Crippen molar-refractivity contribution in [3.63, 3.8) is 0 Å². The molecule has 0 aliphatic carbocycles. The molecule has 0 radical (unpaired) electrons. The van der Waals surface area contributed by atoms with Gasteiger partial charge in [0.15, 0.2) is 0 Å². The summed E-state index contributed by atoms with van der Waals surface area (Å²) in [4.78, 5) is 8.44. The van der Waals surface area contributed by atoms with Crippen LogP contribution in [0.1, 0.15) is 38.8 Å². The molecule has 1 heterocycles. The minimum absolute atomic E-state index is 0.410. The Kier molecular flexibility index (Phi) is 5.78. The van der Waals surface area contributed by atoms with E-state index in [1.54, 1.807) is 6.33 Å². The standard InChI is InChI=1S/C12H22N4/c1-3-5-11-8-12(15-9-14-11)16-10(2)6-4-7-13/h8-10H,3-7,13H2,1-2H3,(H,14,15,16). The van der Waals surface area contributed by atoms with Gasteiger partial charge in [0.05, 0.1) is 0 Å². The third kappa shape index (κ3) is 4.57. The molecule has 4 heteroatoms. The molecule has 1 atom stereocenters. The van der Waals surface area contributed by atoms with Gasteiger partial charge >= 0.3 is 0 Å². The summed E-state index contributed by atoms with van der Waals surface area (Å²) in [5.74, 6) is 0.919. The SMILES string of the molecule is CCCc1cc(NC(C)CCCN)ncn1. The Balaban J connectivity index is 2.49. The van der Waals surface area contributed by atoms with E-state index in [4.69, 9.17) is 5.73 Å². The molecule has 16 heavy (non-hydrogen) atoms. The maximum atomic E-state index is 5.48. The molecule has 3 N–H and O–H groups in total. The van der Waals surface area contributed by atoms with E-state index in [0.717, 1.165) is 43.7 Å². The van der Waals surface area contributed by atoms with Crippen LogP contribution in [0.25, 0.3) is 0 Å². The van der Waals surface area contributed by atoms with Gasteiger partial charge < -0.3 is 11.1 Å². The van der Waals surface area contributed by atoms with Crippen molar-refractivity contribution in [2.75, 3.05) is 11.9 Å². The Labute approximate surface area is 97.7 Å².